The summed E-state index contributed by atoms with van der Waals surface area (Å²) in [5.41, 5.74) is 0.838. The second-order valence-corrected chi connectivity index (χ2v) is 6.28. The number of carbonyl (C=O) groups is 2. The van der Waals surface area contributed by atoms with Crippen LogP contribution in [-0.4, -0.2) is 27.0 Å². The van der Waals surface area contributed by atoms with Crippen molar-refractivity contribution in [2.45, 2.75) is 31.7 Å². The van der Waals surface area contributed by atoms with Gasteiger partial charge >= 0.3 is 5.97 Å². The molecule has 2 N–H and O–H groups in total. The zero-order chi connectivity index (χ0) is 15.7. The van der Waals surface area contributed by atoms with Gasteiger partial charge < -0.3 is 10.4 Å². The molecule has 0 saturated heterocycles. The van der Waals surface area contributed by atoms with Gasteiger partial charge in [-0.25, -0.2) is 14.8 Å². The number of thiazole rings is 1. The van der Waals surface area contributed by atoms with Crippen LogP contribution in [0.3, 0.4) is 0 Å². The smallest absolute Gasteiger partial charge is 0.354 e. The summed E-state index contributed by atoms with van der Waals surface area (Å²) in [4.78, 5) is 31.5. The van der Waals surface area contributed by atoms with Crippen LogP contribution in [-0.2, 0) is 5.54 Å². The third-order valence-corrected chi connectivity index (χ3v) is 5.00. The number of aromatic nitrogens is 2. The number of aromatic carboxylic acids is 1. The number of hydrogen-bond donors (Lipinski definition) is 2. The monoisotopic (exact) mass is 317 g/mol. The molecule has 1 saturated carbocycles. The zero-order valence-electron chi connectivity index (χ0n) is 12.0. The molecule has 0 unspecified atom stereocenters. The van der Waals surface area contributed by atoms with E-state index in [1.165, 1.54) is 18.3 Å². The van der Waals surface area contributed by atoms with Crippen LogP contribution in [0.25, 0.3) is 0 Å². The predicted octanol–water partition coefficient (Wildman–Crippen LogP) is 2.35. The van der Waals surface area contributed by atoms with Gasteiger partial charge in [-0.05, 0) is 38.3 Å². The van der Waals surface area contributed by atoms with Crippen molar-refractivity contribution in [2.75, 3.05) is 0 Å². The van der Waals surface area contributed by atoms with Gasteiger partial charge in [-0.1, -0.05) is 0 Å². The number of amides is 1. The zero-order valence-corrected chi connectivity index (χ0v) is 12.8. The van der Waals surface area contributed by atoms with Crippen LogP contribution in [0, 0.1) is 6.92 Å². The van der Waals surface area contributed by atoms with Gasteiger partial charge in [0.1, 0.15) is 10.7 Å². The minimum Gasteiger partial charge on any atom is -0.477 e. The third kappa shape index (κ3) is 2.59. The summed E-state index contributed by atoms with van der Waals surface area (Å²) in [6.07, 6.45) is 4.08. The molecule has 0 bridgehead atoms. The lowest BCUT2D eigenvalue weighted by Crippen LogP contribution is -2.50. The highest BCUT2D eigenvalue weighted by Crippen LogP contribution is 2.42. The Bertz CT molecular complexity index is 720. The third-order valence-electron chi connectivity index (χ3n) is 3.83. The quantitative estimate of drug-likeness (QED) is 0.903. The van der Waals surface area contributed by atoms with Crippen LogP contribution in [0.15, 0.2) is 23.7 Å². The Labute approximate surface area is 131 Å². The van der Waals surface area contributed by atoms with Gasteiger partial charge in [0.15, 0.2) is 0 Å². The standard InChI is InChI=1S/C15H15N3O3S/c1-9-8-22-14(17-9)15(5-2-6-15)18-12(19)10-3-4-11(13(20)21)16-7-10/h3-4,7-8H,2,5-6H2,1H3,(H,18,19)(H,20,21). The van der Waals surface area contributed by atoms with E-state index in [4.69, 9.17) is 5.11 Å². The van der Waals surface area contributed by atoms with Gasteiger partial charge in [0, 0.05) is 17.3 Å². The molecular weight excluding hydrogens is 302 g/mol. The predicted molar refractivity (Wildman–Crippen MR) is 81.0 cm³/mol. The number of rotatable bonds is 4. The molecule has 2 heterocycles. The summed E-state index contributed by atoms with van der Waals surface area (Å²) in [7, 11) is 0. The first-order valence-electron chi connectivity index (χ1n) is 6.95. The number of nitrogens with one attached hydrogen (secondary N) is 1. The summed E-state index contributed by atoms with van der Waals surface area (Å²) in [5.74, 6) is -1.36. The molecule has 1 fully saturated rings. The summed E-state index contributed by atoms with van der Waals surface area (Å²) in [6, 6.07) is 2.81. The highest BCUT2D eigenvalue weighted by atomic mass is 32.1. The van der Waals surface area contributed by atoms with Crippen molar-refractivity contribution in [3.63, 3.8) is 0 Å². The van der Waals surface area contributed by atoms with Crippen molar-refractivity contribution in [1.29, 1.82) is 0 Å². The van der Waals surface area contributed by atoms with Crippen LogP contribution in [0.4, 0.5) is 0 Å². The van der Waals surface area contributed by atoms with Gasteiger partial charge in [0.2, 0.25) is 0 Å². The van der Waals surface area contributed by atoms with E-state index in [1.807, 2.05) is 12.3 Å². The second-order valence-electron chi connectivity index (χ2n) is 5.42. The topological polar surface area (TPSA) is 92.2 Å². The molecule has 22 heavy (non-hydrogen) atoms. The maximum atomic E-state index is 12.4. The van der Waals surface area contributed by atoms with E-state index in [9.17, 15) is 9.59 Å². The van der Waals surface area contributed by atoms with E-state index in [-0.39, 0.29) is 17.1 Å². The first kappa shape index (κ1) is 14.6. The fraction of sp³-hybridized carbons (Fsp3) is 0.333. The minimum absolute atomic E-state index is 0.0783. The second kappa shape index (κ2) is 5.49. The van der Waals surface area contributed by atoms with Crippen LogP contribution in [0.1, 0.15) is 50.8 Å². The minimum atomic E-state index is -1.11. The SMILES string of the molecule is Cc1csc(C2(NC(=O)c3ccc(C(=O)O)nc3)CCC2)n1. The molecule has 7 heteroatoms. The van der Waals surface area contributed by atoms with E-state index >= 15 is 0 Å². The van der Waals surface area contributed by atoms with E-state index in [0.717, 1.165) is 30.0 Å². The number of carbonyl (C=O) groups excluding carboxylic acids is 1. The number of aryl methyl sites for hydroxylation is 1. The Balaban J connectivity index is 1.79. The molecule has 0 spiro atoms. The van der Waals surface area contributed by atoms with E-state index in [1.54, 1.807) is 11.3 Å². The fourth-order valence-corrected chi connectivity index (χ4v) is 3.45. The number of nitrogens with zero attached hydrogens (tertiary/aromatic N) is 2. The van der Waals surface area contributed by atoms with Gasteiger partial charge in [-0.15, -0.1) is 11.3 Å². The molecule has 2 aromatic heterocycles. The van der Waals surface area contributed by atoms with Crippen molar-refractivity contribution < 1.29 is 14.7 Å². The van der Waals surface area contributed by atoms with Gasteiger partial charge in [-0.3, -0.25) is 4.79 Å². The fourth-order valence-electron chi connectivity index (χ4n) is 2.44. The van der Waals surface area contributed by atoms with Gasteiger partial charge in [0.25, 0.3) is 5.91 Å². The largest absolute Gasteiger partial charge is 0.477 e. The molecule has 0 aliphatic heterocycles. The molecular formula is C15H15N3O3S. The number of hydrogen-bond acceptors (Lipinski definition) is 5. The van der Waals surface area contributed by atoms with E-state index in [2.05, 4.69) is 15.3 Å². The lowest BCUT2D eigenvalue weighted by Gasteiger charge is -2.40. The summed E-state index contributed by atoms with van der Waals surface area (Å²) in [5, 5.41) is 14.8. The van der Waals surface area contributed by atoms with Crippen molar-refractivity contribution in [3.05, 3.63) is 45.7 Å². The van der Waals surface area contributed by atoms with Crippen molar-refractivity contribution in [2.24, 2.45) is 0 Å². The van der Waals surface area contributed by atoms with Crippen molar-refractivity contribution in [3.8, 4) is 0 Å². The Morgan fingerprint density at radius 3 is 2.59 bits per heavy atom. The lowest BCUT2D eigenvalue weighted by molar-refractivity contribution is 0.0688. The van der Waals surface area contributed by atoms with E-state index < -0.39 is 5.97 Å². The molecule has 0 aromatic carbocycles. The molecule has 1 aliphatic carbocycles. The van der Waals surface area contributed by atoms with Crippen LogP contribution in [0.5, 0.6) is 0 Å². The van der Waals surface area contributed by atoms with Gasteiger partial charge in [0.05, 0.1) is 11.1 Å². The molecule has 114 valence electrons. The average Bonchev–Trinajstić information content (AvgIpc) is 2.89. The average molecular weight is 317 g/mol. The summed E-state index contributed by atoms with van der Waals surface area (Å²) < 4.78 is 0. The number of carboxylic acids is 1. The molecule has 0 atom stereocenters. The molecule has 2 aromatic rings. The Kier molecular flexibility index (Phi) is 3.66. The highest BCUT2D eigenvalue weighted by Gasteiger charge is 2.42. The van der Waals surface area contributed by atoms with Crippen LogP contribution in [0.2, 0.25) is 0 Å². The van der Waals surface area contributed by atoms with Gasteiger partial charge in [-0.2, -0.15) is 0 Å². The molecule has 1 aliphatic rings. The molecule has 0 radical (unpaired) electrons. The lowest BCUT2D eigenvalue weighted by atomic mass is 9.77. The molecule has 6 nitrogen and oxygen atoms in total. The summed E-state index contributed by atoms with van der Waals surface area (Å²) >= 11 is 1.56. The van der Waals surface area contributed by atoms with E-state index in [0.29, 0.717) is 5.56 Å². The Morgan fingerprint density at radius 1 is 1.36 bits per heavy atom. The maximum Gasteiger partial charge on any atom is 0.354 e. The Hall–Kier alpha value is -2.28. The van der Waals surface area contributed by atoms with Crippen molar-refractivity contribution in [1.82, 2.24) is 15.3 Å². The first-order valence-corrected chi connectivity index (χ1v) is 7.83. The first-order chi connectivity index (χ1) is 10.5. The highest BCUT2D eigenvalue weighted by molar-refractivity contribution is 7.09. The normalized spacial score (nSPS) is 15.9. The molecule has 3 rings (SSSR count). The number of pyridine rings is 1. The van der Waals surface area contributed by atoms with Crippen molar-refractivity contribution >= 4 is 23.2 Å². The number of carboxylic acid groups (broad SMARTS) is 1. The Morgan fingerprint density at radius 2 is 2.14 bits per heavy atom. The molecule has 1 amide bonds. The maximum absolute atomic E-state index is 12.4. The van der Waals surface area contributed by atoms with Crippen LogP contribution < -0.4 is 5.32 Å². The summed E-state index contributed by atoms with van der Waals surface area (Å²) in [6.45, 7) is 1.93. The van der Waals surface area contributed by atoms with Crippen LogP contribution >= 0.6 is 11.3 Å².